The standard InChI is InChI=1S/C14H11F3N4O2S2/c1-8-7-24-13(18-8)25(2,22)21-10-5-3-9(4-6-10)11-19-12(23-20-11)14(15,16)17/h3-7H,1-2H3. The van der Waals surface area contributed by atoms with E-state index in [9.17, 15) is 17.4 Å². The molecule has 0 aliphatic carbocycles. The molecule has 0 saturated heterocycles. The maximum atomic E-state index is 12.7. The molecule has 1 atom stereocenters. The molecule has 2 heterocycles. The molecule has 2 aromatic heterocycles. The topological polar surface area (TPSA) is 81.2 Å². The van der Waals surface area contributed by atoms with Crippen LogP contribution in [0.25, 0.3) is 11.4 Å². The smallest absolute Gasteiger partial charge is 0.329 e. The highest BCUT2D eigenvalue weighted by Gasteiger charge is 2.38. The molecule has 0 bridgehead atoms. The molecule has 0 aliphatic rings. The first-order valence-corrected chi connectivity index (χ1v) is 9.61. The van der Waals surface area contributed by atoms with Crippen LogP contribution in [0.2, 0.25) is 0 Å². The van der Waals surface area contributed by atoms with Crippen molar-refractivity contribution < 1.29 is 21.9 Å². The summed E-state index contributed by atoms with van der Waals surface area (Å²) in [7, 11) is -2.70. The van der Waals surface area contributed by atoms with Crippen LogP contribution in [0.1, 0.15) is 11.6 Å². The van der Waals surface area contributed by atoms with Crippen molar-refractivity contribution >= 4 is 26.8 Å². The van der Waals surface area contributed by atoms with E-state index in [1.807, 2.05) is 0 Å². The third kappa shape index (κ3) is 3.87. The van der Waals surface area contributed by atoms with Gasteiger partial charge < -0.3 is 4.52 Å². The maximum absolute atomic E-state index is 12.7. The Labute approximate surface area is 144 Å². The number of hydrogen-bond donors (Lipinski definition) is 0. The minimum absolute atomic E-state index is 0.188. The second kappa shape index (κ2) is 6.23. The van der Waals surface area contributed by atoms with E-state index in [0.29, 0.717) is 15.6 Å². The third-order valence-electron chi connectivity index (χ3n) is 3.00. The van der Waals surface area contributed by atoms with Crippen molar-refractivity contribution in [3.8, 4) is 11.4 Å². The van der Waals surface area contributed by atoms with Crippen LogP contribution in [0.3, 0.4) is 0 Å². The zero-order valence-electron chi connectivity index (χ0n) is 12.9. The molecule has 1 aromatic carbocycles. The Morgan fingerprint density at radius 3 is 2.40 bits per heavy atom. The van der Waals surface area contributed by atoms with Crippen molar-refractivity contribution in [1.82, 2.24) is 15.1 Å². The van der Waals surface area contributed by atoms with Gasteiger partial charge in [-0.05, 0) is 31.2 Å². The largest absolute Gasteiger partial charge is 0.471 e. The lowest BCUT2D eigenvalue weighted by molar-refractivity contribution is -0.159. The van der Waals surface area contributed by atoms with Gasteiger partial charge in [-0.25, -0.2) is 9.19 Å². The molecular weight excluding hydrogens is 377 g/mol. The lowest BCUT2D eigenvalue weighted by Gasteiger charge is -2.01. The molecule has 3 aromatic rings. The summed E-state index contributed by atoms with van der Waals surface area (Å²) in [4.78, 5) is 7.49. The highest BCUT2D eigenvalue weighted by molar-refractivity contribution is 7.94. The molecule has 132 valence electrons. The number of aryl methyl sites for hydroxylation is 1. The fraction of sp³-hybridized carbons (Fsp3) is 0.214. The Morgan fingerprint density at radius 1 is 1.20 bits per heavy atom. The highest BCUT2D eigenvalue weighted by Crippen LogP contribution is 2.30. The zero-order chi connectivity index (χ0) is 18.2. The van der Waals surface area contributed by atoms with Crippen molar-refractivity contribution in [2.24, 2.45) is 4.36 Å². The molecule has 0 saturated carbocycles. The Balaban J connectivity index is 1.89. The van der Waals surface area contributed by atoms with E-state index in [1.54, 1.807) is 12.3 Å². The number of benzene rings is 1. The molecule has 3 rings (SSSR count). The van der Waals surface area contributed by atoms with Gasteiger partial charge >= 0.3 is 12.1 Å². The molecule has 0 fully saturated rings. The van der Waals surface area contributed by atoms with Gasteiger partial charge in [0, 0.05) is 22.9 Å². The maximum Gasteiger partial charge on any atom is 0.471 e. The van der Waals surface area contributed by atoms with Crippen LogP contribution in [-0.2, 0) is 15.9 Å². The number of alkyl halides is 3. The van der Waals surface area contributed by atoms with Gasteiger partial charge in [-0.1, -0.05) is 5.16 Å². The van der Waals surface area contributed by atoms with Crippen LogP contribution in [0, 0.1) is 6.92 Å². The Hall–Kier alpha value is -2.27. The summed E-state index contributed by atoms with van der Waals surface area (Å²) < 4.78 is 58.9. The number of halogens is 3. The fourth-order valence-electron chi connectivity index (χ4n) is 1.87. The molecule has 0 spiro atoms. The summed E-state index contributed by atoms with van der Waals surface area (Å²) in [6.07, 6.45) is -3.21. The summed E-state index contributed by atoms with van der Waals surface area (Å²) in [5, 5.41) is 5.09. The summed E-state index contributed by atoms with van der Waals surface area (Å²) in [5.74, 6) is -1.60. The Kier molecular flexibility index (Phi) is 4.37. The van der Waals surface area contributed by atoms with E-state index >= 15 is 0 Å². The number of hydrogen-bond acceptors (Lipinski definition) is 7. The quantitative estimate of drug-likeness (QED) is 0.668. The number of rotatable bonds is 3. The molecule has 11 heteroatoms. The summed E-state index contributed by atoms with van der Waals surface area (Å²) in [6.45, 7) is 1.80. The predicted octanol–water partition coefficient (Wildman–Crippen LogP) is 4.31. The van der Waals surface area contributed by atoms with Crippen molar-refractivity contribution in [3.05, 3.63) is 41.2 Å². The first-order chi connectivity index (χ1) is 11.6. The van der Waals surface area contributed by atoms with E-state index in [1.165, 1.54) is 41.9 Å². The molecule has 25 heavy (non-hydrogen) atoms. The van der Waals surface area contributed by atoms with Gasteiger partial charge in [0.1, 0.15) is 9.73 Å². The Bertz CT molecular complexity index is 1020. The van der Waals surface area contributed by atoms with Gasteiger partial charge in [0.15, 0.2) is 4.34 Å². The highest BCUT2D eigenvalue weighted by atomic mass is 32.2. The molecule has 0 N–H and O–H groups in total. The van der Waals surface area contributed by atoms with Crippen LogP contribution < -0.4 is 0 Å². The normalized spacial score (nSPS) is 14.3. The monoisotopic (exact) mass is 388 g/mol. The average molecular weight is 388 g/mol. The van der Waals surface area contributed by atoms with Gasteiger partial charge in [0.05, 0.1) is 5.69 Å². The molecule has 0 radical (unpaired) electrons. The van der Waals surface area contributed by atoms with Crippen LogP contribution >= 0.6 is 11.3 Å². The average Bonchev–Trinajstić information content (AvgIpc) is 3.16. The molecule has 1 unspecified atom stereocenters. The van der Waals surface area contributed by atoms with Gasteiger partial charge in [-0.2, -0.15) is 22.5 Å². The minimum atomic E-state index is -4.69. The number of aromatic nitrogens is 3. The van der Waals surface area contributed by atoms with Gasteiger partial charge in [0.25, 0.3) is 0 Å². The first-order valence-electron chi connectivity index (χ1n) is 6.81. The van der Waals surface area contributed by atoms with Crippen molar-refractivity contribution in [3.63, 3.8) is 0 Å². The number of thiazole rings is 1. The van der Waals surface area contributed by atoms with Crippen LogP contribution in [-0.4, -0.2) is 25.6 Å². The van der Waals surface area contributed by atoms with Crippen LogP contribution in [0.4, 0.5) is 18.9 Å². The summed E-state index contributed by atoms with van der Waals surface area (Å²) >= 11 is 1.26. The van der Waals surface area contributed by atoms with E-state index in [4.69, 9.17) is 0 Å². The molecule has 6 nitrogen and oxygen atoms in total. The first kappa shape index (κ1) is 17.5. The minimum Gasteiger partial charge on any atom is -0.329 e. The van der Waals surface area contributed by atoms with Gasteiger partial charge in [0.2, 0.25) is 5.82 Å². The summed E-state index contributed by atoms with van der Waals surface area (Å²) in [6, 6.07) is 5.99. The van der Waals surface area contributed by atoms with E-state index in [2.05, 4.69) is 24.0 Å². The second-order valence-electron chi connectivity index (χ2n) is 5.12. The Morgan fingerprint density at radius 2 is 1.88 bits per heavy atom. The third-order valence-corrected chi connectivity index (χ3v) is 6.26. The fourth-order valence-corrected chi connectivity index (χ4v) is 4.28. The molecular formula is C14H11F3N4O2S2. The molecule has 0 aliphatic heterocycles. The van der Waals surface area contributed by atoms with Crippen molar-refractivity contribution in [2.75, 3.05) is 6.26 Å². The second-order valence-corrected chi connectivity index (χ2v) is 8.41. The zero-order valence-corrected chi connectivity index (χ0v) is 14.6. The SMILES string of the molecule is Cc1csc(S(C)(=O)=Nc2ccc(-c3noc(C(F)(F)F)n3)cc2)n1. The lowest BCUT2D eigenvalue weighted by atomic mass is 10.2. The van der Waals surface area contributed by atoms with Gasteiger partial charge in [-0.15, -0.1) is 11.3 Å². The van der Waals surface area contributed by atoms with E-state index < -0.39 is 21.8 Å². The molecule has 0 amide bonds. The van der Waals surface area contributed by atoms with Crippen molar-refractivity contribution in [2.45, 2.75) is 17.4 Å². The van der Waals surface area contributed by atoms with E-state index in [0.717, 1.165) is 5.69 Å². The van der Waals surface area contributed by atoms with Crippen LogP contribution in [0.5, 0.6) is 0 Å². The van der Waals surface area contributed by atoms with Crippen LogP contribution in [0.15, 0.2) is 42.9 Å². The lowest BCUT2D eigenvalue weighted by Crippen LogP contribution is -2.04. The summed E-state index contributed by atoms with van der Waals surface area (Å²) in [5.41, 5.74) is 1.49. The van der Waals surface area contributed by atoms with Gasteiger partial charge in [-0.3, -0.25) is 0 Å². The number of nitrogens with zero attached hydrogens (tertiary/aromatic N) is 4. The van der Waals surface area contributed by atoms with E-state index in [-0.39, 0.29) is 5.82 Å². The van der Waals surface area contributed by atoms with Crippen molar-refractivity contribution in [1.29, 1.82) is 0 Å². The predicted molar refractivity (Wildman–Crippen MR) is 86.0 cm³/mol.